The molecule has 1 N–H and O–H groups in total. The highest BCUT2D eigenvalue weighted by Gasteiger charge is 2.03. The molecule has 0 radical (unpaired) electrons. The van der Waals surface area contributed by atoms with Crippen LogP contribution >= 0.6 is 0 Å². The highest BCUT2D eigenvalue weighted by Crippen LogP contribution is 2.21. The molecule has 0 bridgehead atoms. The predicted octanol–water partition coefficient (Wildman–Crippen LogP) is 1.52. The number of hydrogen-bond acceptors (Lipinski definition) is 5. The number of nitrogens with zero attached hydrogens (tertiary/aromatic N) is 2. The third-order valence-electron chi connectivity index (χ3n) is 2.33. The van der Waals surface area contributed by atoms with Gasteiger partial charge in [0.2, 0.25) is 10.0 Å². The Balaban J connectivity index is 2.22. The quantitative estimate of drug-likeness (QED) is 0.917. The highest BCUT2D eigenvalue weighted by molar-refractivity contribution is 7.92. The minimum absolute atomic E-state index is 0.305. The Kier molecular flexibility index (Phi) is 3.66. The van der Waals surface area contributed by atoms with Crippen molar-refractivity contribution in [2.75, 3.05) is 18.1 Å². The lowest BCUT2D eigenvalue weighted by Gasteiger charge is -2.05. The van der Waals surface area contributed by atoms with Crippen molar-refractivity contribution in [1.29, 1.82) is 0 Å². The molecule has 7 heteroatoms. The molecule has 19 heavy (non-hydrogen) atoms. The minimum Gasteiger partial charge on any atom is -0.467 e. The summed E-state index contributed by atoms with van der Waals surface area (Å²) >= 11 is 0. The van der Waals surface area contributed by atoms with Crippen LogP contribution in [0.3, 0.4) is 0 Å². The molecular formula is C12H13N3O3S. The molecule has 1 aromatic heterocycles. The molecule has 0 aliphatic heterocycles. The van der Waals surface area contributed by atoms with Gasteiger partial charge >= 0.3 is 6.01 Å². The maximum absolute atomic E-state index is 11.1. The van der Waals surface area contributed by atoms with Crippen molar-refractivity contribution in [2.45, 2.75) is 0 Å². The van der Waals surface area contributed by atoms with Gasteiger partial charge in [-0.05, 0) is 17.7 Å². The number of nitrogens with one attached hydrogen (secondary N) is 1. The summed E-state index contributed by atoms with van der Waals surface area (Å²) in [6, 6.07) is 7.25. The monoisotopic (exact) mass is 279 g/mol. The van der Waals surface area contributed by atoms with Crippen LogP contribution in [0.1, 0.15) is 0 Å². The molecule has 0 saturated carbocycles. The number of hydrogen-bond donors (Lipinski definition) is 1. The largest absolute Gasteiger partial charge is 0.467 e. The molecular weight excluding hydrogens is 266 g/mol. The van der Waals surface area contributed by atoms with E-state index in [1.807, 2.05) is 0 Å². The van der Waals surface area contributed by atoms with Crippen LogP contribution in [0.4, 0.5) is 5.69 Å². The van der Waals surface area contributed by atoms with E-state index < -0.39 is 10.0 Å². The maximum Gasteiger partial charge on any atom is 0.316 e. The van der Waals surface area contributed by atoms with Gasteiger partial charge in [-0.25, -0.2) is 18.4 Å². The summed E-state index contributed by atoms with van der Waals surface area (Å²) in [6.07, 6.45) is 4.40. The summed E-state index contributed by atoms with van der Waals surface area (Å²) in [7, 11) is -1.75. The molecule has 0 amide bonds. The molecule has 0 unspecified atom stereocenters. The number of anilines is 1. The highest BCUT2D eigenvalue weighted by atomic mass is 32.2. The fourth-order valence-electron chi connectivity index (χ4n) is 1.52. The summed E-state index contributed by atoms with van der Waals surface area (Å²) in [5.41, 5.74) is 2.23. The first-order chi connectivity index (χ1) is 8.98. The van der Waals surface area contributed by atoms with Gasteiger partial charge in [0.1, 0.15) is 0 Å². The Bertz CT molecular complexity index is 652. The van der Waals surface area contributed by atoms with Crippen molar-refractivity contribution in [3.63, 3.8) is 0 Å². The van der Waals surface area contributed by atoms with Gasteiger partial charge in [0.25, 0.3) is 0 Å². The van der Waals surface area contributed by atoms with Crippen molar-refractivity contribution >= 4 is 15.7 Å². The molecule has 0 aliphatic rings. The van der Waals surface area contributed by atoms with Crippen molar-refractivity contribution in [3.05, 3.63) is 36.7 Å². The van der Waals surface area contributed by atoms with E-state index in [0.717, 1.165) is 17.4 Å². The van der Waals surface area contributed by atoms with Gasteiger partial charge < -0.3 is 4.74 Å². The third kappa shape index (κ3) is 3.65. The first-order valence-electron chi connectivity index (χ1n) is 5.42. The van der Waals surface area contributed by atoms with E-state index >= 15 is 0 Å². The predicted molar refractivity (Wildman–Crippen MR) is 72.5 cm³/mol. The zero-order chi connectivity index (χ0) is 13.9. The van der Waals surface area contributed by atoms with Gasteiger partial charge in [-0.2, -0.15) is 0 Å². The zero-order valence-electron chi connectivity index (χ0n) is 10.5. The van der Waals surface area contributed by atoms with Gasteiger partial charge in [0, 0.05) is 23.6 Å². The van der Waals surface area contributed by atoms with Crippen LogP contribution in [0.15, 0.2) is 36.7 Å². The summed E-state index contributed by atoms with van der Waals surface area (Å²) < 4.78 is 29.4. The van der Waals surface area contributed by atoms with Crippen LogP contribution in [-0.4, -0.2) is 31.8 Å². The van der Waals surface area contributed by atoms with E-state index in [4.69, 9.17) is 4.74 Å². The van der Waals surface area contributed by atoms with Crippen LogP contribution in [0.2, 0.25) is 0 Å². The fourth-order valence-corrected chi connectivity index (χ4v) is 2.08. The van der Waals surface area contributed by atoms with Crippen molar-refractivity contribution in [2.24, 2.45) is 0 Å². The van der Waals surface area contributed by atoms with E-state index in [0.29, 0.717) is 11.7 Å². The van der Waals surface area contributed by atoms with Crippen LogP contribution in [0.5, 0.6) is 6.01 Å². The van der Waals surface area contributed by atoms with Gasteiger partial charge in [0.15, 0.2) is 0 Å². The average Bonchev–Trinajstić information content (AvgIpc) is 2.38. The summed E-state index contributed by atoms with van der Waals surface area (Å²) in [5.74, 6) is 0. The van der Waals surface area contributed by atoms with Crippen LogP contribution in [0, 0.1) is 0 Å². The summed E-state index contributed by atoms with van der Waals surface area (Å²) in [4.78, 5) is 8.02. The lowest BCUT2D eigenvalue weighted by Crippen LogP contribution is -2.09. The standard InChI is InChI=1S/C12H13N3O3S/c1-18-12-13-7-10(8-14-12)9-3-5-11(6-4-9)15-19(2,16)17/h3-8,15H,1-2H3. The number of sulfonamides is 1. The zero-order valence-corrected chi connectivity index (χ0v) is 11.3. The molecule has 6 nitrogen and oxygen atoms in total. The molecule has 0 saturated heterocycles. The van der Waals surface area contributed by atoms with Crippen molar-refractivity contribution in [1.82, 2.24) is 9.97 Å². The molecule has 0 aliphatic carbocycles. The van der Waals surface area contributed by atoms with Gasteiger partial charge in [-0.3, -0.25) is 4.72 Å². The van der Waals surface area contributed by atoms with E-state index in [9.17, 15) is 8.42 Å². The molecule has 0 atom stereocenters. The number of methoxy groups -OCH3 is 1. The molecule has 100 valence electrons. The summed E-state index contributed by atoms with van der Waals surface area (Å²) in [6.45, 7) is 0. The molecule has 0 fully saturated rings. The maximum atomic E-state index is 11.1. The van der Waals surface area contributed by atoms with Gasteiger partial charge in [0.05, 0.1) is 13.4 Å². The first kappa shape index (κ1) is 13.3. The van der Waals surface area contributed by atoms with Gasteiger partial charge in [-0.15, -0.1) is 0 Å². The van der Waals surface area contributed by atoms with E-state index in [2.05, 4.69) is 14.7 Å². The summed E-state index contributed by atoms with van der Waals surface area (Å²) in [5, 5.41) is 0. The molecule has 1 heterocycles. The van der Waals surface area contributed by atoms with Crippen LogP contribution in [-0.2, 0) is 10.0 Å². The normalized spacial score (nSPS) is 11.1. The van der Waals surface area contributed by atoms with Crippen molar-refractivity contribution < 1.29 is 13.2 Å². The topological polar surface area (TPSA) is 81.2 Å². The molecule has 1 aromatic carbocycles. The number of aromatic nitrogens is 2. The SMILES string of the molecule is COc1ncc(-c2ccc(NS(C)(=O)=O)cc2)cn1. The second kappa shape index (κ2) is 5.23. The molecule has 0 spiro atoms. The Hall–Kier alpha value is -2.15. The number of benzene rings is 1. The number of rotatable bonds is 4. The Morgan fingerprint density at radius 1 is 1.05 bits per heavy atom. The second-order valence-electron chi connectivity index (χ2n) is 3.91. The average molecular weight is 279 g/mol. The van der Waals surface area contributed by atoms with E-state index in [1.165, 1.54) is 7.11 Å². The first-order valence-corrected chi connectivity index (χ1v) is 7.31. The van der Waals surface area contributed by atoms with Crippen LogP contribution < -0.4 is 9.46 Å². The second-order valence-corrected chi connectivity index (χ2v) is 5.66. The number of ether oxygens (including phenoxy) is 1. The van der Waals surface area contributed by atoms with Gasteiger partial charge in [-0.1, -0.05) is 12.1 Å². The molecule has 2 rings (SSSR count). The lowest BCUT2D eigenvalue weighted by atomic mass is 10.1. The van der Waals surface area contributed by atoms with E-state index in [-0.39, 0.29) is 0 Å². The minimum atomic E-state index is -3.25. The Morgan fingerprint density at radius 2 is 1.63 bits per heavy atom. The molecule has 2 aromatic rings. The smallest absolute Gasteiger partial charge is 0.316 e. The third-order valence-corrected chi connectivity index (χ3v) is 2.94. The van der Waals surface area contributed by atoms with Crippen LogP contribution in [0.25, 0.3) is 11.1 Å². The van der Waals surface area contributed by atoms with E-state index in [1.54, 1.807) is 36.7 Å². The van der Waals surface area contributed by atoms with Crippen molar-refractivity contribution in [3.8, 4) is 17.1 Å². The Morgan fingerprint density at radius 3 is 2.11 bits per heavy atom. The lowest BCUT2D eigenvalue weighted by molar-refractivity contribution is 0.380. The Labute approximate surface area is 111 Å². The fraction of sp³-hybridized carbons (Fsp3) is 0.167.